The molecule has 1 amide bonds. The molecule has 2 aromatic carbocycles. The fourth-order valence-electron chi connectivity index (χ4n) is 2.68. The van der Waals surface area contributed by atoms with Gasteiger partial charge >= 0.3 is 0 Å². The number of morpholine rings is 1. The molecule has 144 valence electrons. The van der Waals surface area contributed by atoms with E-state index < -0.39 is 15.9 Å². The molecule has 0 saturated carbocycles. The van der Waals surface area contributed by atoms with Crippen LogP contribution in [0.3, 0.4) is 0 Å². The Bertz CT molecular complexity index is 973. The van der Waals surface area contributed by atoms with Gasteiger partial charge in [-0.15, -0.1) is 0 Å². The number of ether oxygens (including phenoxy) is 1. The smallest absolute Gasteiger partial charge is 0.255 e. The number of rotatable bonds is 4. The van der Waals surface area contributed by atoms with Gasteiger partial charge in [0.15, 0.2) is 0 Å². The minimum absolute atomic E-state index is 0.0615. The van der Waals surface area contributed by atoms with Crippen LogP contribution < -0.4 is 5.32 Å². The zero-order chi connectivity index (χ0) is 19.6. The molecule has 1 heterocycles. The number of hydrogen-bond donors (Lipinski definition) is 1. The Hall–Kier alpha value is -1.64. The van der Waals surface area contributed by atoms with Crippen molar-refractivity contribution in [3.63, 3.8) is 0 Å². The molecule has 1 N–H and O–H groups in total. The molecule has 0 radical (unpaired) electrons. The molecule has 0 spiro atoms. The van der Waals surface area contributed by atoms with Gasteiger partial charge in [-0.3, -0.25) is 4.79 Å². The first kappa shape index (κ1) is 20.1. The Kier molecular flexibility index (Phi) is 6.08. The van der Waals surface area contributed by atoms with Gasteiger partial charge in [0.25, 0.3) is 5.91 Å². The molecule has 0 aliphatic carbocycles. The number of anilines is 1. The molecule has 1 saturated heterocycles. The van der Waals surface area contributed by atoms with E-state index in [1.165, 1.54) is 22.5 Å². The Labute approximate surface area is 168 Å². The van der Waals surface area contributed by atoms with Crippen LogP contribution in [0.4, 0.5) is 5.69 Å². The Balaban J connectivity index is 1.89. The molecule has 0 bridgehead atoms. The van der Waals surface area contributed by atoms with Crippen molar-refractivity contribution < 1.29 is 17.9 Å². The minimum atomic E-state index is -3.82. The van der Waals surface area contributed by atoms with E-state index >= 15 is 0 Å². The van der Waals surface area contributed by atoms with E-state index in [9.17, 15) is 13.2 Å². The van der Waals surface area contributed by atoms with Crippen molar-refractivity contribution in [3.05, 3.63) is 57.6 Å². The maximum atomic E-state index is 12.9. The average Bonchev–Trinajstić information content (AvgIpc) is 2.65. The maximum absolute atomic E-state index is 12.9. The Morgan fingerprint density at radius 3 is 2.44 bits per heavy atom. The van der Waals surface area contributed by atoms with E-state index in [1.54, 1.807) is 12.1 Å². The first-order valence-corrected chi connectivity index (χ1v) is 10.4. The number of amides is 1. The number of halogens is 2. The summed E-state index contributed by atoms with van der Waals surface area (Å²) in [6.45, 7) is 3.02. The highest BCUT2D eigenvalue weighted by Gasteiger charge is 2.29. The zero-order valence-corrected chi connectivity index (χ0v) is 16.9. The number of nitrogens with zero attached hydrogens (tertiary/aromatic N) is 1. The SMILES string of the molecule is Cc1ccc(NC(=O)c2ccc(Cl)c(S(=O)(=O)N3CCOCC3)c2)c(Cl)c1. The molecule has 0 aromatic heterocycles. The van der Waals surface area contributed by atoms with Crippen LogP contribution in [0.15, 0.2) is 41.3 Å². The Morgan fingerprint density at radius 1 is 1.07 bits per heavy atom. The number of sulfonamides is 1. The summed E-state index contributed by atoms with van der Waals surface area (Å²) in [7, 11) is -3.82. The molecule has 0 unspecified atom stereocenters. The van der Waals surface area contributed by atoms with Gasteiger partial charge in [-0.25, -0.2) is 8.42 Å². The van der Waals surface area contributed by atoms with E-state index in [4.69, 9.17) is 27.9 Å². The van der Waals surface area contributed by atoms with E-state index in [-0.39, 0.29) is 28.6 Å². The molecular formula is C18H18Cl2N2O4S. The summed E-state index contributed by atoms with van der Waals surface area (Å²) in [6.07, 6.45) is 0. The Morgan fingerprint density at radius 2 is 1.78 bits per heavy atom. The van der Waals surface area contributed by atoms with Gasteiger partial charge in [0.1, 0.15) is 4.90 Å². The summed E-state index contributed by atoms with van der Waals surface area (Å²) in [4.78, 5) is 12.5. The molecule has 1 aliphatic rings. The fourth-order valence-corrected chi connectivity index (χ4v) is 4.88. The molecule has 1 aliphatic heterocycles. The van der Waals surface area contributed by atoms with Gasteiger partial charge in [-0.05, 0) is 42.8 Å². The van der Waals surface area contributed by atoms with Crippen LogP contribution in [-0.2, 0) is 14.8 Å². The second-order valence-electron chi connectivity index (χ2n) is 6.10. The standard InChI is InChI=1S/C18H18Cl2N2O4S/c1-12-2-5-16(15(20)10-12)21-18(23)13-3-4-14(19)17(11-13)27(24,25)22-6-8-26-9-7-22/h2-5,10-11H,6-9H2,1H3,(H,21,23). The predicted octanol–water partition coefficient (Wildman–Crippen LogP) is 3.58. The van der Waals surface area contributed by atoms with Gasteiger partial charge in [0.05, 0.1) is 28.9 Å². The summed E-state index contributed by atoms with van der Waals surface area (Å²) in [5.41, 5.74) is 1.58. The van der Waals surface area contributed by atoms with Crippen molar-refractivity contribution >= 4 is 44.8 Å². The summed E-state index contributed by atoms with van der Waals surface area (Å²) in [6, 6.07) is 9.39. The van der Waals surface area contributed by atoms with Crippen LogP contribution in [0.25, 0.3) is 0 Å². The number of carbonyl (C=O) groups is 1. The molecule has 3 rings (SSSR count). The van der Waals surface area contributed by atoms with Crippen molar-refractivity contribution in [2.24, 2.45) is 0 Å². The molecule has 27 heavy (non-hydrogen) atoms. The van der Waals surface area contributed by atoms with Crippen molar-refractivity contribution in [1.82, 2.24) is 4.31 Å². The summed E-state index contributed by atoms with van der Waals surface area (Å²) >= 11 is 12.3. The monoisotopic (exact) mass is 428 g/mol. The van der Waals surface area contributed by atoms with Crippen molar-refractivity contribution in [3.8, 4) is 0 Å². The topological polar surface area (TPSA) is 75.7 Å². The van der Waals surface area contributed by atoms with E-state index in [0.29, 0.717) is 23.9 Å². The molecule has 2 aromatic rings. The zero-order valence-electron chi connectivity index (χ0n) is 14.5. The summed E-state index contributed by atoms with van der Waals surface area (Å²) < 4.78 is 32.2. The van der Waals surface area contributed by atoms with Gasteiger partial charge in [-0.1, -0.05) is 29.3 Å². The van der Waals surface area contributed by atoms with Crippen molar-refractivity contribution in [2.75, 3.05) is 31.6 Å². The second-order valence-corrected chi connectivity index (χ2v) is 8.82. The number of carbonyl (C=O) groups excluding carboxylic acids is 1. The van der Waals surface area contributed by atoms with E-state index in [1.807, 2.05) is 13.0 Å². The number of aryl methyl sites for hydroxylation is 1. The van der Waals surface area contributed by atoms with Gasteiger partial charge < -0.3 is 10.1 Å². The lowest BCUT2D eigenvalue weighted by molar-refractivity contribution is 0.0730. The number of nitrogens with one attached hydrogen (secondary N) is 1. The lowest BCUT2D eigenvalue weighted by Gasteiger charge is -2.26. The van der Waals surface area contributed by atoms with Crippen LogP contribution in [0.5, 0.6) is 0 Å². The first-order chi connectivity index (χ1) is 12.8. The third-order valence-electron chi connectivity index (χ3n) is 4.15. The number of hydrogen-bond acceptors (Lipinski definition) is 4. The highest BCUT2D eigenvalue weighted by atomic mass is 35.5. The molecular weight excluding hydrogens is 411 g/mol. The second kappa shape index (κ2) is 8.16. The quantitative estimate of drug-likeness (QED) is 0.807. The van der Waals surface area contributed by atoms with Gasteiger partial charge in [0.2, 0.25) is 10.0 Å². The number of benzene rings is 2. The van der Waals surface area contributed by atoms with Gasteiger partial charge in [-0.2, -0.15) is 4.31 Å². The van der Waals surface area contributed by atoms with Crippen molar-refractivity contribution in [1.29, 1.82) is 0 Å². The third-order valence-corrected chi connectivity index (χ3v) is 6.85. The minimum Gasteiger partial charge on any atom is -0.379 e. The largest absolute Gasteiger partial charge is 0.379 e. The van der Waals surface area contributed by atoms with Crippen LogP contribution >= 0.6 is 23.2 Å². The van der Waals surface area contributed by atoms with Gasteiger partial charge in [0, 0.05) is 18.7 Å². The third kappa shape index (κ3) is 4.44. The summed E-state index contributed by atoms with van der Waals surface area (Å²) in [5, 5.41) is 3.15. The predicted molar refractivity (Wildman–Crippen MR) is 105 cm³/mol. The van der Waals surface area contributed by atoms with Crippen LogP contribution in [0.1, 0.15) is 15.9 Å². The molecule has 9 heteroatoms. The average molecular weight is 429 g/mol. The van der Waals surface area contributed by atoms with Crippen LogP contribution in [-0.4, -0.2) is 44.9 Å². The first-order valence-electron chi connectivity index (χ1n) is 8.24. The van der Waals surface area contributed by atoms with Crippen molar-refractivity contribution in [2.45, 2.75) is 11.8 Å². The lowest BCUT2D eigenvalue weighted by atomic mass is 10.2. The highest BCUT2D eigenvalue weighted by molar-refractivity contribution is 7.89. The lowest BCUT2D eigenvalue weighted by Crippen LogP contribution is -2.40. The van der Waals surface area contributed by atoms with Crippen LogP contribution in [0.2, 0.25) is 10.0 Å². The van der Waals surface area contributed by atoms with Crippen LogP contribution in [0, 0.1) is 6.92 Å². The molecule has 0 atom stereocenters. The highest BCUT2D eigenvalue weighted by Crippen LogP contribution is 2.28. The van der Waals surface area contributed by atoms with E-state index in [0.717, 1.165) is 5.56 Å². The molecule has 1 fully saturated rings. The normalized spacial score (nSPS) is 15.5. The maximum Gasteiger partial charge on any atom is 0.255 e. The summed E-state index contributed by atoms with van der Waals surface area (Å²) in [5.74, 6) is -0.476. The fraction of sp³-hybridized carbons (Fsp3) is 0.278. The van der Waals surface area contributed by atoms with E-state index in [2.05, 4.69) is 5.32 Å². The molecule has 6 nitrogen and oxygen atoms in total.